The summed E-state index contributed by atoms with van der Waals surface area (Å²) in [6.07, 6.45) is 2.38. The van der Waals surface area contributed by atoms with E-state index in [4.69, 9.17) is 4.74 Å². The molecule has 3 aromatic rings. The van der Waals surface area contributed by atoms with Crippen LogP contribution in [0.1, 0.15) is 37.0 Å². The topological polar surface area (TPSA) is 26.3 Å². The van der Waals surface area contributed by atoms with Crippen LogP contribution in [-0.4, -0.2) is 12.4 Å². The first-order valence-corrected chi connectivity index (χ1v) is 9.61. The maximum absolute atomic E-state index is 11.4. The molecule has 0 spiro atoms. The van der Waals surface area contributed by atoms with Gasteiger partial charge >= 0.3 is 0 Å². The van der Waals surface area contributed by atoms with Gasteiger partial charge in [0.15, 0.2) is 5.78 Å². The van der Waals surface area contributed by atoms with E-state index in [1.807, 2.05) is 61.5 Å². The van der Waals surface area contributed by atoms with E-state index in [0.717, 1.165) is 22.3 Å². The molecule has 0 amide bonds. The summed E-state index contributed by atoms with van der Waals surface area (Å²) in [5.74, 6) is 0.0675. The van der Waals surface area contributed by atoms with Gasteiger partial charge in [-0.05, 0) is 43.0 Å². The molecule has 0 heterocycles. The summed E-state index contributed by atoms with van der Waals surface area (Å²) >= 11 is 0. The average Bonchev–Trinajstić information content (AvgIpc) is 2.73. The van der Waals surface area contributed by atoms with Gasteiger partial charge in [-0.2, -0.15) is 0 Å². The highest BCUT2D eigenvalue weighted by molar-refractivity contribution is 5.87. The van der Waals surface area contributed by atoms with Crippen LogP contribution in [0.4, 0.5) is 0 Å². The Hall–Kier alpha value is -2.97. The van der Waals surface area contributed by atoms with E-state index in [1.165, 1.54) is 0 Å². The third-order valence-electron chi connectivity index (χ3n) is 4.81. The summed E-state index contributed by atoms with van der Waals surface area (Å²) in [5.41, 5.74) is 3.57. The Morgan fingerprint density at radius 1 is 0.750 bits per heavy atom. The van der Waals surface area contributed by atoms with E-state index < -0.39 is 5.60 Å². The van der Waals surface area contributed by atoms with Crippen molar-refractivity contribution in [3.8, 4) is 0 Å². The molecule has 0 aliphatic heterocycles. The second-order valence-electron chi connectivity index (χ2n) is 6.98. The zero-order chi connectivity index (χ0) is 19.8. The van der Waals surface area contributed by atoms with Gasteiger partial charge in [0, 0.05) is 0 Å². The van der Waals surface area contributed by atoms with Crippen molar-refractivity contribution in [1.82, 2.24) is 0 Å². The Morgan fingerprint density at radius 2 is 1.14 bits per heavy atom. The van der Waals surface area contributed by atoms with Gasteiger partial charge < -0.3 is 4.74 Å². The van der Waals surface area contributed by atoms with Gasteiger partial charge in [0.05, 0.1) is 6.61 Å². The lowest BCUT2D eigenvalue weighted by molar-refractivity contribution is -0.112. The third kappa shape index (κ3) is 4.47. The average molecular weight is 370 g/mol. The molecule has 2 heteroatoms. The molecule has 2 nitrogen and oxygen atoms in total. The van der Waals surface area contributed by atoms with Crippen molar-refractivity contribution in [3.05, 3.63) is 119 Å². The molecule has 0 fully saturated rings. The molecule has 3 rings (SSSR count). The van der Waals surface area contributed by atoms with Crippen molar-refractivity contribution in [2.24, 2.45) is 0 Å². The Bertz CT molecular complexity index is 816. The molecule has 0 saturated carbocycles. The summed E-state index contributed by atoms with van der Waals surface area (Å²) in [7, 11) is 0. The fourth-order valence-electron chi connectivity index (χ4n) is 3.55. The Kier molecular flexibility index (Phi) is 6.57. The third-order valence-corrected chi connectivity index (χ3v) is 4.81. The summed E-state index contributed by atoms with van der Waals surface area (Å²) in [6, 6.07) is 31.0. The Labute approximate surface area is 167 Å². The highest BCUT2D eigenvalue weighted by Crippen LogP contribution is 2.40. The van der Waals surface area contributed by atoms with Crippen LogP contribution >= 0.6 is 0 Å². The minimum Gasteiger partial charge on any atom is -0.361 e. The highest BCUT2D eigenvalue weighted by Gasteiger charge is 2.37. The van der Waals surface area contributed by atoms with Gasteiger partial charge in [-0.1, -0.05) is 96.6 Å². The van der Waals surface area contributed by atoms with Crippen molar-refractivity contribution >= 4 is 5.78 Å². The second-order valence-corrected chi connectivity index (χ2v) is 6.98. The van der Waals surface area contributed by atoms with E-state index in [9.17, 15) is 4.79 Å². The maximum Gasteiger partial charge on any atom is 0.152 e. The zero-order valence-electron chi connectivity index (χ0n) is 16.5. The molecule has 0 aliphatic rings. The van der Waals surface area contributed by atoms with E-state index >= 15 is 0 Å². The van der Waals surface area contributed by atoms with Gasteiger partial charge in [-0.15, -0.1) is 0 Å². The van der Waals surface area contributed by atoms with E-state index in [1.54, 1.807) is 13.0 Å². The van der Waals surface area contributed by atoms with Gasteiger partial charge in [0.25, 0.3) is 0 Å². The molecular formula is C26H26O2. The smallest absolute Gasteiger partial charge is 0.152 e. The second kappa shape index (κ2) is 9.29. The molecule has 0 bridgehead atoms. The number of hydrogen-bond acceptors (Lipinski definition) is 2. The number of ketones is 1. The Balaban J connectivity index is 2.08. The van der Waals surface area contributed by atoms with Crippen LogP contribution in [-0.2, 0) is 15.1 Å². The van der Waals surface area contributed by atoms with Gasteiger partial charge in [-0.25, -0.2) is 0 Å². The van der Waals surface area contributed by atoms with Crippen LogP contribution in [0, 0.1) is 0 Å². The zero-order valence-corrected chi connectivity index (χ0v) is 16.5. The molecule has 0 N–H and O–H groups in total. The molecule has 0 aliphatic carbocycles. The van der Waals surface area contributed by atoms with Crippen LogP contribution in [0.5, 0.6) is 0 Å². The summed E-state index contributed by atoms with van der Waals surface area (Å²) < 4.78 is 6.69. The van der Waals surface area contributed by atoms with Crippen LogP contribution in [0.15, 0.2) is 103 Å². The van der Waals surface area contributed by atoms with E-state index in [0.29, 0.717) is 13.0 Å². The minimum absolute atomic E-state index is 0.0675. The summed E-state index contributed by atoms with van der Waals surface area (Å²) in [6.45, 7) is 4.06. The maximum atomic E-state index is 11.4. The normalized spacial score (nSPS) is 12.0. The van der Waals surface area contributed by atoms with Crippen LogP contribution in [0.25, 0.3) is 0 Å². The summed E-state index contributed by atoms with van der Waals surface area (Å²) in [4.78, 5) is 11.4. The van der Waals surface area contributed by atoms with Crippen molar-refractivity contribution in [2.75, 3.05) is 6.61 Å². The number of hydrogen-bond donors (Lipinski definition) is 0. The molecule has 28 heavy (non-hydrogen) atoms. The lowest BCUT2D eigenvalue weighted by Gasteiger charge is -2.36. The standard InChI is InChI=1S/C26H26O2/c1-21(20-22(2)27)18-19-28-26(23-12-6-3-7-13-23,24-14-8-4-9-15-24)25-16-10-5-11-17-25/h3-17,20H,18-19H2,1-2H3/b21-20-. The van der Waals surface area contributed by atoms with Gasteiger partial charge in [-0.3, -0.25) is 4.79 Å². The van der Waals surface area contributed by atoms with Crippen molar-refractivity contribution in [1.29, 1.82) is 0 Å². The van der Waals surface area contributed by atoms with Gasteiger partial charge in [0.2, 0.25) is 0 Å². The molecular weight excluding hydrogens is 344 g/mol. The van der Waals surface area contributed by atoms with Crippen molar-refractivity contribution in [2.45, 2.75) is 25.9 Å². The summed E-state index contributed by atoms with van der Waals surface area (Å²) in [5, 5.41) is 0. The van der Waals surface area contributed by atoms with Crippen LogP contribution < -0.4 is 0 Å². The molecule has 0 atom stereocenters. The number of rotatable bonds is 8. The largest absolute Gasteiger partial charge is 0.361 e. The monoisotopic (exact) mass is 370 g/mol. The Morgan fingerprint density at radius 3 is 1.50 bits per heavy atom. The SMILES string of the molecule is CC(=O)/C=C(/C)CCOC(c1ccccc1)(c1ccccc1)c1ccccc1. The molecule has 142 valence electrons. The number of carbonyl (C=O) groups excluding carboxylic acids is 1. The molecule has 0 radical (unpaired) electrons. The fraction of sp³-hybridized carbons (Fsp3) is 0.192. The van der Waals surface area contributed by atoms with Crippen molar-refractivity contribution in [3.63, 3.8) is 0 Å². The quantitative estimate of drug-likeness (QED) is 0.363. The first kappa shape index (κ1) is 19.8. The minimum atomic E-state index is -0.708. The lowest BCUT2D eigenvalue weighted by Crippen LogP contribution is -2.33. The number of carbonyl (C=O) groups is 1. The molecule has 0 aromatic heterocycles. The van der Waals surface area contributed by atoms with Crippen molar-refractivity contribution < 1.29 is 9.53 Å². The first-order valence-electron chi connectivity index (χ1n) is 9.61. The highest BCUT2D eigenvalue weighted by atomic mass is 16.5. The van der Waals surface area contributed by atoms with E-state index in [2.05, 4.69) is 36.4 Å². The molecule has 0 unspecified atom stereocenters. The lowest BCUT2D eigenvalue weighted by atomic mass is 9.80. The predicted molar refractivity (Wildman–Crippen MR) is 114 cm³/mol. The number of ether oxygens (including phenoxy) is 1. The van der Waals surface area contributed by atoms with Crippen LogP contribution in [0.3, 0.4) is 0 Å². The predicted octanol–water partition coefficient (Wildman–Crippen LogP) is 5.92. The van der Waals surface area contributed by atoms with E-state index in [-0.39, 0.29) is 5.78 Å². The number of allylic oxidation sites excluding steroid dienone is 1. The fourth-order valence-corrected chi connectivity index (χ4v) is 3.55. The molecule has 3 aromatic carbocycles. The first-order chi connectivity index (χ1) is 13.6. The van der Waals surface area contributed by atoms with Crippen LogP contribution in [0.2, 0.25) is 0 Å². The number of benzene rings is 3. The molecule has 0 saturated heterocycles. The van der Waals surface area contributed by atoms with Gasteiger partial charge in [0.1, 0.15) is 5.60 Å².